The van der Waals surface area contributed by atoms with Crippen LogP contribution in [0.25, 0.3) is 0 Å². The molecule has 0 spiro atoms. The summed E-state index contributed by atoms with van der Waals surface area (Å²) in [5.74, 6) is -0.213. The highest BCUT2D eigenvalue weighted by Crippen LogP contribution is 1.97. The third kappa shape index (κ3) is 9.06. The summed E-state index contributed by atoms with van der Waals surface area (Å²) < 4.78 is 9.85. The zero-order chi connectivity index (χ0) is 10.6. The summed E-state index contributed by atoms with van der Waals surface area (Å²) in [4.78, 5) is 10.8. The topological polar surface area (TPSA) is 61.5 Å². The zero-order valence-corrected chi connectivity index (χ0v) is 8.54. The molecule has 0 aliphatic heterocycles. The molecule has 0 heterocycles. The molecular weight excluding hydrogens is 182 g/mol. The summed E-state index contributed by atoms with van der Waals surface area (Å²) in [6.07, 6.45) is 4.56. The van der Waals surface area contributed by atoms with E-state index in [9.17, 15) is 4.79 Å². The van der Waals surface area contributed by atoms with Crippen molar-refractivity contribution < 1.29 is 14.3 Å². The van der Waals surface area contributed by atoms with E-state index >= 15 is 0 Å². The molecule has 0 saturated heterocycles. The summed E-state index contributed by atoms with van der Waals surface area (Å²) in [6.45, 7) is 4.95. The van der Waals surface area contributed by atoms with E-state index in [-0.39, 0.29) is 5.97 Å². The van der Waals surface area contributed by atoms with Crippen LogP contribution in [-0.2, 0) is 14.3 Å². The summed E-state index contributed by atoms with van der Waals surface area (Å²) in [7, 11) is 0. The van der Waals surface area contributed by atoms with E-state index in [4.69, 9.17) is 15.2 Å². The Kier molecular flexibility index (Phi) is 9.31. The Morgan fingerprint density at radius 3 is 2.64 bits per heavy atom. The van der Waals surface area contributed by atoms with E-state index in [1.807, 2.05) is 0 Å². The second kappa shape index (κ2) is 10.1. The minimum Gasteiger partial charge on any atom is -0.502 e. The van der Waals surface area contributed by atoms with Crippen LogP contribution < -0.4 is 5.73 Å². The molecular formula is C10H19NO3. The van der Waals surface area contributed by atoms with E-state index in [0.29, 0.717) is 26.2 Å². The average Bonchev–Trinajstić information content (AvgIpc) is 2.17. The number of carbonyl (C=O) groups is 1. The quantitative estimate of drug-likeness (QED) is 0.346. The molecule has 0 aliphatic rings. The molecule has 0 aromatic carbocycles. The van der Waals surface area contributed by atoms with E-state index in [2.05, 4.69) is 6.58 Å². The Morgan fingerprint density at radius 2 is 2.00 bits per heavy atom. The van der Waals surface area contributed by atoms with Gasteiger partial charge in [0, 0.05) is 6.54 Å². The van der Waals surface area contributed by atoms with Crippen LogP contribution in [0.15, 0.2) is 12.8 Å². The average molecular weight is 201 g/mol. The van der Waals surface area contributed by atoms with E-state index in [1.165, 1.54) is 6.26 Å². The Balaban J connectivity index is 3.05. The fourth-order valence-electron chi connectivity index (χ4n) is 0.924. The molecule has 0 atom stereocenters. The highest BCUT2D eigenvalue weighted by molar-refractivity contribution is 5.69. The second-order valence-corrected chi connectivity index (χ2v) is 2.86. The summed E-state index contributed by atoms with van der Waals surface area (Å²) >= 11 is 0. The maximum Gasteiger partial charge on any atom is 0.307 e. The number of nitrogens with two attached hydrogens (primary N) is 1. The fraction of sp³-hybridized carbons (Fsp3) is 0.700. The molecule has 0 aliphatic carbocycles. The number of carbonyl (C=O) groups excluding carboxylic acids is 1. The van der Waals surface area contributed by atoms with Gasteiger partial charge in [-0.1, -0.05) is 6.58 Å². The first-order valence-corrected chi connectivity index (χ1v) is 4.89. The van der Waals surface area contributed by atoms with Crippen molar-refractivity contribution in [3.63, 3.8) is 0 Å². The summed E-state index contributed by atoms with van der Waals surface area (Å²) in [5, 5.41) is 0. The number of rotatable bonds is 9. The van der Waals surface area contributed by atoms with Gasteiger partial charge in [-0.2, -0.15) is 0 Å². The monoisotopic (exact) mass is 201 g/mol. The van der Waals surface area contributed by atoms with Gasteiger partial charge in [0.25, 0.3) is 0 Å². The largest absolute Gasteiger partial charge is 0.502 e. The Labute approximate surface area is 85.1 Å². The van der Waals surface area contributed by atoms with Crippen LogP contribution in [0.5, 0.6) is 0 Å². The van der Waals surface area contributed by atoms with Crippen molar-refractivity contribution in [2.75, 3.05) is 19.8 Å². The van der Waals surface area contributed by atoms with Crippen molar-refractivity contribution in [2.24, 2.45) is 5.73 Å². The number of ether oxygens (including phenoxy) is 2. The van der Waals surface area contributed by atoms with Crippen LogP contribution in [0.2, 0.25) is 0 Å². The zero-order valence-electron chi connectivity index (χ0n) is 8.54. The van der Waals surface area contributed by atoms with Crippen molar-refractivity contribution in [3.8, 4) is 0 Å². The molecule has 14 heavy (non-hydrogen) atoms. The molecule has 0 amide bonds. The van der Waals surface area contributed by atoms with Crippen LogP contribution in [0.3, 0.4) is 0 Å². The number of hydrogen-bond donors (Lipinski definition) is 1. The highest BCUT2D eigenvalue weighted by atomic mass is 16.5. The Morgan fingerprint density at radius 1 is 1.29 bits per heavy atom. The standard InChI is InChI=1S/C10H19NO3/c1-2-13-8-4-3-5-9-14-10(12)6-7-11/h2H,1,3-9,11H2. The van der Waals surface area contributed by atoms with Gasteiger partial charge in [-0.25, -0.2) is 0 Å². The molecule has 0 aromatic rings. The highest BCUT2D eigenvalue weighted by Gasteiger charge is 1.99. The van der Waals surface area contributed by atoms with Crippen molar-refractivity contribution in [1.29, 1.82) is 0 Å². The lowest BCUT2D eigenvalue weighted by Gasteiger charge is -2.03. The van der Waals surface area contributed by atoms with Crippen molar-refractivity contribution in [2.45, 2.75) is 25.7 Å². The lowest BCUT2D eigenvalue weighted by Crippen LogP contribution is -2.11. The van der Waals surface area contributed by atoms with Crippen molar-refractivity contribution in [3.05, 3.63) is 12.8 Å². The second-order valence-electron chi connectivity index (χ2n) is 2.86. The van der Waals surface area contributed by atoms with Crippen molar-refractivity contribution in [1.82, 2.24) is 0 Å². The van der Waals surface area contributed by atoms with Gasteiger partial charge in [-0.3, -0.25) is 4.79 Å². The molecule has 2 N–H and O–H groups in total. The maximum absolute atomic E-state index is 10.8. The number of esters is 1. The van der Waals surface area contributed by atoms with Crippen LogP contribution in [0, 0.1) is 0 Å². The van der Waals surface area contributed by atoms with Crippen molar-refractivity contribution >= 4 is 5.97 Å². The molecule has 0 radical (unpaired) electrons. The molecule has 0 saturated carbocycles. The van der Waals surface area contributed by atoms with Gasteiger partial charge in [0.1, 0.15) is 0 Å². The van der Waals surface area contributed by atoms with Gasteiger partial charge in [0.2, 0.25) is 0 Å². The number of hydrogen-bond acceptors (Lipinski definition) is 4. The van der Waals surface area contributed by atoms with E-state index in [0.717, 1.165) is 19.3 Å². The molecule has 82 valence electrons. The van der Waals surface area contributed by atoms with Gasteiger partial charge in [-0.05, 0) is 19.3 Å². The lowest BCUT2D eigenvalue weighted by atomic mass is 10.2. The molecule has 0 bridgehead atoms. The van der Waals surface area contributed by atoms with E-state index in [1.54, 1.807) is 0 Å². The normalized spacial score (nSPS) is 9.50. The van der Waals surface area contributed by atoms with Gasteiger partial charge < -0.3 is 15.2 Å². The van der Waals surface area contributed by atoms with Gasteiger partial charge in [0.05, 0.1) is 25.9 Å². The smallest absolute Gasteiger partial charge is 0.307 e. The van der Waals surface area contributed by atoms with Gasteiger partial charge >= 0.3 is 5.97 Å². The predicted octanol–water partition coefficient (Wildman–Crippen LogP) is 1.21. The lowest BCUT2D eigenvalue weighted by molar-refractivity contribution is -0.143. The maximum atomic E-state index is 10.8. The van der Waals surface area contributed by atoms with Gasteiger partial charge in [0.15, 0.2) is 0 Å². The third-order valence-corrected chi connectivity index (χ3v) is 1.64. The molecule has 4 nitrogen and oxygen atoms in total. The summed E-state index contributed by atoms with van der Waals surface area (Å²) in [5.41, 5.74) is 5.19. The Hall–Kier alpha value is -1.03. The first kappa shape index (κ1) is 13.0. The molecule has 0 rings (SSSR count). The van der Waals surface area contributed by atoms with Crippen LogP contribution in [0.4, 0.5) is 0 Å². The molecule has 0 aromatic heterocycles. The third-order valence-electron chi connectivity index (χ3n) is 1.64. The first-order chi connectivity index (χ1) is 6.81. The first-order valence-electron chi connectivity index (χ1n) is 4.89. The Bertz CT molecular complexity index is 159. The minimum atomic E-state index is -0.213. The molecule has 0 unspecified atom stereocenters. The fourth-order valence-corrected chi connectivity index (χ4v) is 0.924. The SMILES string of the molecule is C=COCCCCCOC(=O)CCN. The molecule has 4 heteroatoms. The predicted molar refractivity (Wildman–Crippen MR) is 54.6 cm³/mol. The number of unbranched alkanes of at least 4 members (excludes halogenated alkanes) is 2. The van der Waals surface area contributed by atoms with E-state index < -0.39 is 0 Å². The minimum absolute atomic E-state index is 0.213. The van der Waals surface area contributed by atoms with Gasteiger partial charge in [-0.15, -0.1) is 0 Å². The van der Waals surface area contributed by atoms with Crippen LogP contribution in [0.1, 0.15) is 25.7 Å². The molecule has 0 fully saturated rings. The van der Waals surface area contributed by atoms with Crippen LogP contribution in [-0.4, -0.2) is 25.7 Å². The van der Waals surface area contributed by atoms with Crippen LogP contribution >= 0.6 is 0 Å². The summed E-state index contributed by atoms with van der Waals surface area (Å²) in [6, 6.07) is 0.